The van der Waals surface area contributed by atoms with Gasteiger partial charge in [0.2, 0.25) is 0 Å². The van der Waals surface area contributed by atoms with E-state index in [9.17, 15) is 0 Å². The van der Waals surface area contributed by atoms with E-state index < -0.39 is 0 Å². The number of likely N-dealkylation sites (N-methyl/N-ethyl adjacent to an activating group) is 1. The van der Waals surface area contributed by atoms with Crippen molar-refractivity contribution in [2.75, 3.05) is 32.1 Å². The van der Waals surface area contributed by atoms with Crippen molar-refractivity contribution in [2.24, 2.45) is 5.92 Å². The first-order valence-corrected chi connectivity index (χ1v) is 6.43. The van der Waals surface area contributed by atoms with Crippen molar-refractivity contribution in [3.63, 3.8) is 0 Å². The second-order valence-electron chi connectivity index (χ2n) is 4.91. The molecule has 94 valence electrons. The minimum absolute atomic E-state index is 0.421. The maximum atomic E-state index is 5.70. The topological polar surface area (TPSA) is 32.3 Å². The number of rotatable bonds is 3. The largest absolute Gasteiger partial charge is 0.353 e. The molecule has 0 aromatic carbocycles. The van der Waals surface area contributed by atoms with Gasteiger partial charge in [0.15, 0.2) is 0 Å². The monoisotopic (exact) mass is 254 g/mol. The van der Waals surface area contributed by atoms with E-state index in [1.54, 1.807) is 6.20 Å². The van der Waals surface area contributed by atoms with Gasteiger partial charge in [0.25, 0.3) is 0 Å². The predicted octanol–water partition coefficient (Wildman–Crippen LogP) is 1.60. The van der Waals surface area contributed by atoms with Crippen LogP contribution in [0.4, 0.5) is 5.82 Å². The number of hydrogen-bond acceptors (Lipinski definition) is 4. The minimum atomic E-state index is 0.421. The normalized spacial score (nSPS) is 24.6. The molecule has 0 bridgehead atoms. The van der Waals surface area contributed by atoms with Gasteiger partial charge < -0.3 is 9.80 Å². The number of anilines is 1. The number of hydrogen-bond donors (Lipinski definition) is 0. The summed E-state index contributed by atoms with van der Waals surface area (Å²) in [5.74, 6) is 2.03. The maximum absolute atomic E-state index is 5.70. The SMILES string of the molecule is CC1CN(c2cnc(CCl)cn2)CC1N(C)C. The third-order valence-corrected chi connectivity index (χ3v) is 3.66. The molecule has 2 atom stereocenters. The van der Waals surface area contributed by atoms with E-state index in [2.05, 4.69) is 40.8 Å². The summed E-state index contributed by atoms with van der Waals surface area (Å²) in [5, 5.41) is 0. The summed E-state index contributed by atoms with van der Waals surface area (Å²) < 4.78 is 0. The van der Waals surface area contributed by atoms with Crippen LogP contribution in [0.5, 0.6) is 0 Å². The van der Waals surface area contributed by atoms with Crippen LogP contribution in [0.15, 0.2) is 12.4 Å². The first-order chi connectivity index (χ1) is 8.11. The quantitative estimate of drug-likeness (QED) is 0.767. The van der Waals surface area contributed by atoms with Gasteiger partial charge in [0.1, 0.15) is 5.82 Å². The van der Waals surface area contributed by atoms with E-state index in [-0.39, 0.29) is 0 Å². The standard InChI is InChI=1S/C12H19ClN4/c1-9-7-17(8-11(9)16(2)3)12-6-14-10(4-13)5-15-12/h5-6,9,11H,4,7-8H2,1-3H3. The van der Waals surface area contributed by atoms with Gasteiger partial charge in [-0.3, -0.25) is 4.98 Å². The summed E-state index contributed by atoms with van der Waals surface area (Å²) >= 11 is 5.70. The third-order valence-electron chi connectivity index (χ3n) is 3.39. The highest BCUT2D eigenvalue weighted by Crippen LogP contribution is 2.24. The second kappa shape index (κ2) is 5.19. The van der Waals surface area contributed by atoms with Gasteiger partial charge in [-0.2, -0.15) is 0 Å². The summed E-state index contributed by atoms with van der Waals surface area (Å²) in [5.41, 5.74) is 0.826. The zero-order valence-electron chi connectivity index (χ0n) is 10.6. The Kier molecular flexibility index (Phi) is 3.84. The van der Waals surface area contributed by atoms with Crippen molar-refractivity contribution in [1.82, 2.24) is 14.9 Å². The smallest absolute Gasteiger partial charge is 0.147 e. The Hall–Kier alpha value is -0.870. The molecule has 2 unspecified atom stereocenters. The molecule has 4 nitrogen and oxygen atoms in total. The molecule has 1 aromatic rings. The van der Waals surface area contributed by atoms with Crippen LogP contribution in [0.1, 0.15) is 12.6 Å². The average Bonchev–Trinajstić information content (AvgIpc) is 2.71. The summed E-state index contributed by atoms with van der Waals surface area (Å²) in [4.78, 5) is 13.3. The second-order valence-corrected chi connectivity index (χ2v) is 5.18. The first-order valence-electron chi connectivity index (χ1n) is 5.90. The lowest BCUT2D eigenvalue weighted by atomic mass is 10.1. The van der Waals surface area contributed by atoms with Crippen LogP contribution in [-0.4, -0.2) is 48.1 Å². The van der Waals surface area contributed by atoms with Gasteiger partial charge in [-0.05, 0) is 20.0 Å². The average molecular weight is 255 g/mol. The van der Waals surface area contributed by atoms with Gasteiger partial charge in [0, 0.05) is 19.1 Å². The molecule has 17 heavy (non-hydrogen) atoms. The molecular weight excluding hydrogens is 236 g/mol. The van der Waals surface area contributed by atoms with E-state index in [0.717, 1.165) is 24.6 Å². The van der Waals surface area contributed by atoms with Gasteiger partial charge in [0.05, 0.1) is 24.0 Å². The van der Waals surface area contributed by atoms with Crippen molar-refractivity contribution < 1.29 is 0 Å². The highest BCUT2D eigenvalue weighted by molar-refractivity contribution is 6.16. The Morgan fingerprint density at radius 3 is 2.59 bits per heavy atom. The van der Waals surface area contributed by atoms with Gasteiger partial charge >= 0.3 is 0 Å². The molecule has 0 spiro atoms. The zero-order chi connectivity index (χ0) is 12.4. The Morgan fingerprint density at radius 1 is 1.35 bits per heavy atom. The Labute approximate surface area is 108 Å². The summed E-state index contributed by atoms with van der Waals surface area (Å²) in [6.45, 7) is 4.34. The van der Waals surface area contributed by atoms with Crippen molar-refractivity contribution >= 4 is 17.4 Å². The number of nitrogens with zero attached hydrogens (tertiary/aromatic N) is 4. The number of halogens is 1. The van der Waals surface area contributed by atoms with Gasteiger partial charge in [-0.15, -0.1) is 11.6 Å². The fourth-order valence-electron chi connectivity index (χ4n) is 2.39. The summed E-state index contributed by atoms with van der Waals surface area (Å²) in [6.07, 6.45) is 3.58. The lowest BCUT2D eigenvalue weighted by Gasteiger charge is -2.22. The Bertz CT molecular complexity index is 365. The highest BCUT2D eigenvalue weighted by atomic mass is 35.5. The first kappa shape index (κ1) is 12.6. The van der Waals surface area contributed by atoms with E-state index in [1.165, 1.54) is 0 Å². The highest BCUT2D eigenvalue weighted by Gasteiger charge is 2.31. The molecule has 5 heteroatoms. The molecule has 1 fully saturated rings. The summed E-state index contributed by atoms with van der Waals surface area (Å²) in [7, 11) is 4.26. The molecule has 1 aliphatic heterocycles. The molecule has 2 rings (SSSR count). The predicted molar refractivity (Wildman–Crippen MR) is 70.4 cm³/mol. The van der Waals surface area contributed by atoms with Crippen molar-refractivity contribution in [1.29, 1.82) is 0 Å². The lowest BCUT2D eigenvalue weighted by Crippen LogP contribution is -2.34. The molecule has 1 aromatic heterocycles. The summed E-state index contributed by atoms with van der Waals surface area (Å²) in [6, 6.07) is 0.588. The van der Waals surface area contributed by atoms with Crippen LogP contribution < -0.4 is 4.90 Å². The van der Waals surface area contributed by atoms with Crippen LogP contribution in [0.25, 0.3) is 0 Å². The van der Waals surface area contributed by atoms with Crippen LogP contribution in [0.3, 0.4) is 0 Å². The van der Waals surface area contributed by atoms with Crippen LogP contribution in [-0.2, 0) is 5.88 Å². The molecule has 1 aliphatic rings. The molecule has 0 amide bonds. The van der Waals surface area contributed by atoms with Crippen LogP contribution in [0, 0.1) is 5.92 Å². The molecule has 0 aliphatic carbocycles. The van der Waals surface area contributed by atoms with Crippen LogP contribution in [0.2, 0.25) is 0 Å². The number of aromatic nitrogens is 2. The molecule has 1 saturated heterocycles. The van der Waals surface area contributed by atoms with Gasteiger partial charge in [-0.25, -0.2) is 4.98 Å². The molecule has 2 heterocycles. The van der Waals surface area contributed by atoms with E-state index >= 15 is 0 Å². The Morgan fingerprint density at radius 2 is 2.12 bits per heavy atom. The van der Waals surface area contributed by atoms with Crippen molar-refractivity contribution in [2.45, 2.75) is 18.8 Å². The third kappa shape index (κ3) is 2.69. The van der Waals surface area contributed by atoms with Gasteiger partial charge in [-0.1, -0.05) is 6.92 Å². The molecule has 0 saturated carbocycles. The van der Waals surface area contributed by atoms with Crippen LogP contribution >= 0.6 is 11.6 Å². The molecule has 0 N–H and O–H groups in total. The van der Waals surface area contributed by atoms with E-state index in [1.807, 2.05) is 6.20 Å². The molecule has 0 radical (unpaired) electrons. The molecular formula is C12H19ClN4. The van der Waals surface area contributed by atoms with Crippen molar-refractivity contribution in [3.8, 4) is 0 Å². The minimum Gasteiger partial charge on any atom is -0.353 e. The Balaban J connectivity index is 2.08. The lowest BCUT2D eigenvalue weighted by molar-refractivity contribution is 0.266. The fraction of sp³-hybridized carbons (Fsp3) is 0.667. The maximum Gasteiger partial charge on any atom is 0.147 e. The van der Waals surface area contributed by atoms with Crippen molar-refractivity contribution in [3.05, 3.63) is 18.1 Å². The van der Waals surface area contributed by atoms with E-state index in [4.69, 9.17) is 11.6 Å². The van der Waals surface area contributed by atoms with E-state index in [0.29, 0.717) is 17.8 Å². The zero-order valence-corrected chi connectivity index (χ0v) is 11.4. The number of alkyl halides is 1. The fourth-order valence-corrected chi connectivity index (χ4v) is 2.53.